The van der Waals surface area contributed by atoms with Gasteiger partial charge in [-0.3, -0.25) is 0 Å². The fraction of sp³-hybridized carbons (Fsp3) is 0.750. The van der Waals surface area contributed by atoms with E-state index in [2.05, 4.69) is 19.2 Å². The average Bonchev–Trinajstić information content (AvgIpc) is 2.22. The van der Waals surface area contributed by atoms with Crippen molar-refractivity contribution in [2.75, 3.05) is 6.54 Å². The highest BCUT2D eigenvalue weighted by Gasteiger charge is 2.08. The van der Waals surface area contributed by atoms with Crippen molar-refractivity contribution < 1.29 is 9.90 Å². The molecule has 0 radical (unpaired) electrons. The van der Waals surface area contributed by atoms with Crippen LogP contribution in [0.1, 0.15) is 52.9 Å². The quantitative estimate of drug-likeness (QED) is 0.481. The van der Waals surface area contributed by atoms with Gasteiger partial charge in [0.15, 0.2) is 0 Å². The Kier molecular flexibility index (Phi) is 7.78. The largest absolute Gasteiger partial charge is 0.478 e. The zero-order chi connectivity index (χ0) is 11.7. The molecule has 0 aromatic rings. The summed E-state index contributed by atoms with van der Waals surface area (Å²) in [5, 5.41) is 12.1. The van der Waals surface area contributed by atoms with E-state index < -0.39 is 5.97 Å². The number of carbonyl (C=O) groups is 1. The molecular weight excluding hydrogens is 190 g/mol. The van der Waals surface area contributed by atoms with Crippen molar-refractivity contribution in [2.45, 2.75) is 52.9 Å². The van der Waals surface area contributed by atoms with Crippen molar-refractivity contribution in [2.24, 2.45) is 0 Å². The molecule has 0 aliphatic rings. The van der Waals surface area contributed by atoms with Crippen LogP contribution in [0.2, 0.25) is 0 Å². The summed E-state index contributed by atoms with van der Waals surface area (Å²) in [5.41, 5.74) is 1.36. The van der Waals surface area contributed by atoms with Crippen molar-refractivity contribution in [3.05, 3.63) is 11.3 Å². The van der Waals surface area contributed by atoms with E-state index in [4.69, 9.17) is 5.11 Å². The Morgan fingerprint density at radius 1 is 1.20 bits per heavy atom. The number of carboxylic acid groups (broad SMARTS) is 1. The molecule has 0 bridgehead atoms. The van der Waals surface area contributed by atoms with E-state index >= 15 is 0 Å². The molecule has 0 aromatic carbocycles. The van der Waals surface area contributed by atoms with Gasteiger partial charge in [0.05, 0.1) is 5.57 Å². The van der Waals surface area contributed by atoms with E-state index in [0.717, 1.165) is 44.3 Å². The summed E-state index contributed by atoms with van der Waals surface area (Å²) in [6.07, 6.45) is 5.19. The lowest BCUT2D eigenvalue weighted by Crippen LogP contribution is -2.18. The summed E-state index contributed by atoms with van der Waals surface area (Å²) in [6, 6.07) is 0. The Bertz CT molecular complexity index is 222. The van der Waals surface area contributed by atoms with Crippen molar-refractivity contribution in [3.8, 4) is 0 Å². The van der Waals surface area contributed by atoms with E-state index in [1.165, 1.54) is 0 Å². The monoisotopic (exact) mass is 213 g/mol. The van der Waals surface area contributed by atoms with Gasteiger partial charge in [-0.2, -0.15) is 0 Å². The summed E-state index contributed by atoms with van der Waals surface area (Å²) in [7, 11) is 0. The van der Waals surface area contributed by atoms with E-state index in [1.54, 1.807) is 6.92 Å². The zero-order valence-corrected chi connectivity index (χ0v) is 10.1. The predicted molar refractivity (Wildman–Crippen MR) is 62.8 cm³/mol. The first kappa shape index (κ1) is 14.0. The van der Waals surface area contributed by atoms with E-state index in [0.29, 0.717) is 5.57 Å². The molecule has 88 valence electrons. The van der Waals surface area contributed by atoms with E-state index in [-0.39, 0.29) is 0 Å². The third-order valence-corrected chi connectivity index (χ3v) is 2.42. The SMILES string of the molecule is CCCCN/C(CCCC)=C(\C)C(=O)O. The third kappa shape index (κ3) is 6.15. The number of nitrogens with one attached hydrogen (secondary N) is 1. The lowest BCUT2D eigenvalue weighted by atomic mass is 10.1. The van der Waals surface area contributed by atoms with Crippen LogP contribution in [-0.4, -0.2) is 17.6 Å². The first-order chi connectivity index (χ1) is 7.13. The number of unbranched alkanes of at least 4 members (excludes halogenated alkanes) is 2. The molecule has 0 unspecified atom stereocenters. The van der Waals surface area contributed by atoms with E-state index in [1.807, 2.05) is 0 Å². The van der Waals surface area contributed by atoms with Crippen LogP contribution < -0.4 is 5.32 Å². The van der Waals surface area contributed by atoms with Gasteiger partial charge in [-0.25, -0.2) is 4.79 Å². The molecule has 0 aliphatic carbocycles. The number of hydrogen-bond acceptors (Lipinski definition) is 2. The fourth-order valence-electron chi connectivity index (χ4n) is 1.31. The number of rotatable bonds is 8. The van der Waals surface area contributed by atoms with Gasteiger partial charge >= 0.3 is 5.97 Å². The highest BCUT2D eigenvalue weighted by atomic mass is 16.4. The molecule has 0 spiro atoms. The molecule has 0 aliphatic heterocycles. The molecule has 0 saturated carbocycles. The molecule has 0 heterocycles. The Hall–Kier alpha value is -0.990. The summed E-state index contributed by atoms with van der Waals surface area (Å²) >= 11 is 0. The van der Waals surface area contributed by atoms with Crippen LogP contribution in [0.15, 0.2) is 11.3 Å². The third-order valence-electron chi connectivity index (χ3n) is 2.42. The van der Waals surface area contributed by atoms with Gasteiger partial charge in [-0.15, -0.1) is 0 Å². The second-order valence-electron chi connectivity index (χ2n) is 3.79. The van der Waals surface area contributed by atoms with Crippen LogP contribution in [-0.2, 0) is 4.79 Å². The second-order valence-corrected chi connectivity index (χ2v) is 3.79. The van der Waals surface area contributed by atoms with Crippen LogP contribution in [0, 0.1) is 0 Å². The van der Waals surface area contributed by atoms with Gasteiger partial charge in [-0.05, 0) is 26.2 Å². The highest BCUT2D eigenvalue weighted by molar-refractivity contribution is 5.86. The standard InChI is InChI=1S/C12H23NO2/c1-4-6-8-11(10(3)12(14)15)13-9-7-5-2/h13H,4-9H2,1-3H3,(H,14,15)/b11-10+. The maximum Gasteiger partial charge on any atom is 0.333 e. The molecule has 0 aromatic heterocycles. The van der Waals surface area contributed by atoms with Crippen LogP contribution in [0.3, 0.4) is 0 Å². The molecule has 15 heavy (non-hydrogen) atoms. The smallest absolute Gasteiger partial charge is 0.333 e. The predicted octanol–water partition coefficient (Wildman–Crippen LogP) is 2.92. The van der Waals surface area contributed by atoms with Gasteiger partial charge in [-0.1, -0.05) is 26.7 Å². The zero-order valence-electron chi connectivity index (χ0n) is 10.1. The summed E-state index contributed by atoms with van der Waals surface area (Å²) in [6.45, 7) is 6.79. The fourth-order valence-corrected chi connectivity index (χ4v) is 1.31. The molecule has 0 rings (SSSR count). The number of carboxylic acids is 1. The summed E-state index contributed by atoms with van der Waals surface area (Å²) in [5.74, 6) is -0.815. The van der Waals surface area contributed by atoms with Gasteiger partial charge in [0, 0.05) is 12.2 Å². The minimum atomic E-state index is -0.815. The molecule has 0 saturated heterocycles. The van der Waals surface area contributed by atoms with Crippen LogP contribution >= 0.6 is 0 Å². The topological polar surface area (TPSA) is 49.3 Å². The molecular formula is C12H23NO2. The molecule has 0 atom stereocenters. The molecule has 2 N–H and O–H groups in total. The Labute approximate surface area is 92.6 Å². The number of aliphatic carboxylic acids is 1. The van der Waals surface area contributed by atoms with Crippen molar-refractivity contribution >= 4 is 5.97 Å². The maximum absolute atomic E-state index is 10.8. The first-order valence-electron chi connectivity index (χ1n) is 5.80. The minimum absolute atomic E-state index is 0.458. The van der Waals surface area contributed by atoms with Crippen molar-refractivity contribution in [1.82, 2.24) is 5.32 Å². The molecule has 3 nitrogen and oxygen atoms in total. The molecule has 3 heteroatoms. The van der Waals surface area contributed by atoms with Gasteiger partial charge in [0.25, 0.3) is 0 Å². The number of hydrogen-bond donors (Lipinski definition) is 2. The van der Waals surface area contributed by atoms with Crippen LogP contribution in [0.5, 0.6) is 0 Å². The number of allylic oxidation sites excluding steroid dienone is 1. The second kappa shape index (κ2) is 8.33. The summed E-state index contributed by atoms with van der Waals surface area (Å²) in [4.78, 5) is 10.8. The van der Waals surface area contributed by atoms with Crippen molar-refractivity contribution in [1.29, 1.82) is 0 Å². The lowest BCUT2D eigenvalue weighted by molar-refractivity contribution is -0.132. The summed E-state index contributed by atoms with van der Waals surface area (Å²) < 4.78 is 0. The molecule has 0 amide bonds. The normalized spacial score (nSPS) is 12.2. The first-order valence-corrected chi connectivity index (χ1v) is 5.80. The van der Waals surface area contributed by atoms with Gasteiger partial charge < -0.3 is 10.4 Å². The Balaban J connectivity index is 4.29. The average molecular weight is 213 g/mol. The minimum Gasteiger partial charge on any atom is -0.478 e. The van der Waals surface area contributed by atoms with Gasteiger partial charge in [0.1, 0.15) is 0 Å². The van der Waals surface area contributed by atoms with Crippen LogP contribution in [0.25, 0.3) is 0 Å². The van der Waals surface area contributed by atoms with E-state index in [9.17, 15) is 4.79 Å². The Morgan fingerprint density at radius 2 is 1.80 bits per heavy atom. The Morgan fingerprint density at radius 3 is 2.27 bits per heavy atom. The van der Waals surface area contributed by atoms with Gasteiger partial charge in [0.2, 0.25) is 0 Å². The highest BCUT2D eigenvalue weighted by Crippen LogP contribution is 2.10. The van der Waals surface area contributed by atoms with Crippen LogP contribution in [0.4, 0.5) is 0 Å². The van der Waals surface area contributed by atoms with Crippen molar-refractivity contribution in [3.63, 3.8) is 0 Å². The lowest BCUT2D eigenvalue weighted by Gasteiger charge is -2.12. The molecule has 0 fully saturated rings. The maximum atomic E-state index is 10.8.